The normalized spacial score (nSPS) is 25.2. The summed E-state index contributed by atoms with van der Waals surface area (Å²) in [5.41, 5.74) is 0. The van der Waals surface area contributed by atoms with Gasteiger partial charge in [-0.2, -0.15) is 0 Å². The van der Waals surface area contributed by atoms with Crippen molar-refractivity contribution in [2.45, 2.75) is 52.2 Å². The van der Waals surface area contributed by atoms with Crippen LogP contribution in [-0.2, 0) is 6.54 Å². The fourth-order valence-electron chi connectivity index (χ4n) is 2.55. The van der Waals surface area contributed by atoms with Crippen molar-refractivity contribution in [2.24, 2.45) is 0 Å². The van der Waals surface area contributed by atoms with E-state index >= 15 is 0 Å². The number of piperazine rings is 1. The smallest absolute Gasteiger partial charge is 0.205 e. The summed E-state index contributed by atoms with van der Waals surface area (Å²) >= 11 is 0. The van der Waals surface area contributed by atoms with E-state index in [1.165, 1.54) is 12.8 Å². The number of hydrogen-bond donors (Lipinski definition) is 1. The zero-order valence-electron chi connectivity index (χ0n) is 11.2. The zero-order chi connectivity index (χ0) is 12.3. The van der Waals surface area contributed by atoms with Gasteiger partial charge in [0.1, 0.15) is 0 Å². The van der Waals surface area contributed by atoms with Crippen LogP contribution in [0.15, 0.2) is 12.4 Å². The molecule has 0 spiro atoms. The summed E-state index contributed by atoms with van der Waals surface area (Å²) in [5, 5.41) is 3.62. The van der Waals surface area contributed by atoms with Gasteiger partial charge in [0.15, 0.2) is 0 Å². The summed E-state index contributed by atoms with van der Waals surface area (Å²) in [6.45, 7) is 9.81. The molecule has 1 saturated heterocycles. The van der Waals surface area contributed by atoms with E-state index in [-0.39, 0.29) is 0 Å². The van der Waals surface area contributed by atoms with E-state index in [2.05, 4.69) is 46.7 Å². The lowest BCUT2D eigenvalue weighted by Gasteiger charge is -2.40. The molecule has 17 heavy (non-hydrogen) atoms. The number of anilines is 1. The summed E-state index contributed by atoms with van der Waals surface area (Å²) in [6, 6.07) is 1.17. The largest absolute Gasteiger partial charge is 0.336 e. The summed E-state index contributed by atoms with van der Waals surface area (Å²) < 4.78 is 2.24. The molecular formula is C13H24N4. The van der Waals surface area contributed by atoms with Gasteiger partial charge in [0.25, 0.3) is 0 Å². The van der Waals surface area contributed by atoms with Crippen molar-refractivity contribution in [3.05, 3.63) is 12.4 Å². The van der Waals surface area contributed by atoms with Gasteiger partial charge in [0, 0.05) is 44.1 Å². The molecule has 0 bridgehead atoms. The van der Waals surface area contributed by atoms with E-state index in [0.29, 0.717) is 12.1 Å². The monoisotopic (exact) mass is 236 g/mol. The molecule has 96 valence electrons. The molecule has 1 aliphatic heterocycles. The van der Waals surface area contributed by atoms with Crippen molar-refractivity contribution in [2.75, 3.05) is 18.0 Å². The van der Waals surface area contributed by atoms with Gasteiger partial charge in [-0.1, -0.05) is 13.8 Å². The fourth-order valence-corrected chi connectivity index (χ4v) is 2.55. The highest BCUT2D eigenvalue weighted by Crippen LogP contribution is 2.20. The second kappa shape index (κ2) is 5.54. The van der Waals surface area contributed by atoms with E-state index in [0.717, 1.165) is 25.6 Å². The molecular weight excluding hydrogens is 212 g/mol. The van der Waals surface area contributed by atoms with Gasteiger partial charge in [0.05, 0.1) is 0 Å². The van der Waals surface area contributed by atoms with Gasteiger partial charge < -0.3 is 14.8 Å². The molecule has 0 amide bonds. The van der Waals surface area contributed by atoms with E-state index in [1.807, 2.05) is 6.20 Å². The minimum atomic E-state index is 0.575. The number of hydrogen-bond acceptors (Lipinski definition) is 3. The lowest BCUT2D eigenvalue weighted by molar-refractivity contribution is 0.371. The molecule has 0 aromatic carbocycles. The van der Waals surface area contributed by atoms with Gasteiger partial charge in [-0.3, -0.25) is 0 Å². The summed E-state index contributed by atoms with van der Waals surface area (Å²) in [4.78, 5) is 7.02. The van der Waals surface area contributed by atoms with Gasteiger partial charge in [0.2, 0.25) is 5.95 Å². The van der Waals surface area contributed by atoms with Crippen LogP contribution in [0.1, 0.15) is 33.6 Å². The average molecular weight is 236 g/mol. The van der Waals surface area contributed by atoms with Gasteiger partial charge in [-0.05, 0) is 19.8 Å². The quantitative estimate of drug-likeness (QED) is 0.866. The van der Waals surface area contributed by atoms with Crippen molar-refractivity contribution >= 4 is 5.95 Å². The van der Waals surface area contributed by atoms with Crippen molar-refractivity contribution in [1.29, 1.82) is 0 Å². The third kappa shape index (κ3) is 2.46. The predicted octanol–water partition coefficient (Wildman–Crippen LogP) is 1.87. The molecule has 2 unspecified atom stereocenters. The molecule has 2 rings (SSSR count). The molecule has 1 fully saturated rings. The first kappa shape index (κ1) is 12.4. The highest BCUT2D eigenvalue weighted by molar-refractivity contribution is 5.35. The number of aryl methyl sites for hydroxylation is 1. The van der Waals surface area contributed by atoms with Crippen molar-refractivity contribution in [3.8, 4) is 0 Å². The van der Waals surface area contributed by atoms with Crippen LogP contribution in [0.5, 0.6) is 0 Å². The molecule has 2 heterocycles. The number of nitrogens with one attached hydrogen (secondary N) is 1. The minimum absolute atomic E-state index is 0.575. The Bertz CT molecular complexity index is 347. The first-order chi connectivity index (χ1) is 8.30. The maximum absolute atomic E-state index is 4.54. The molecule has 0 saturated carbocycles. The Kier molecular flexibility index (Phi) is 4.05. The molecule has 1 aromatic rings. The highest BCUT2D eigenvalue weighted by Gasteiger charge is 2.28. The molecule has 0 radical (unpaired) electrons. The van der Waals surface area contributed by atoms with Gasteiger partial charge in [-0.25, -0.2) is 4.98 Å². The third-order valence-corrected chi connectivity index (χ3v) is 3.76. The number of aromatic nitrogens is 2. The van der Waals surface area contributed by atoms with Crippen LogP contribution in [-0.4, -0.2) is 34.7 Å². The second-order valence-corrected chi connectivity index (χ2v) is 4.74. The molecule has 1 aromatic heterocycles. The Balaban J connectivity index is 2.20. The molecule has 1 N–H and O–H groups in total. The molecule has 0 aliphatic carbocycles. The topological polar surface area (TPSA) is 33.1 Å². The standard InChI is InChI=1S/C13H24N4/c1-4-11-10-17(12(5-2)9-15-11)13-14-7-8-16(13)6-3/h7-8,11-12,15H,4-6,9-10H2,1-3H3. The van der Waals surface area contributed by atoms with Crippen LogP contribution in [0.4, 0.5) is 5.95 Å². The van der Waals surface area contributed by atoms with E-state index in [1.54, 1.807) is 0 Å². The molecule has 4 heteroatoms. The predicted molar refractivity (Wildman–Crippen MR) is 71.4 cm³/mol. The Morgan fingerprint density at radius 2 is 2.18 bits per heavy atom. The molecule has 4 nitrogen and oxygen atoms in total. The maximum atomic E-state index is 4.54. The first-order valence-electron chi connectivity index (χ1n) is 6.81. The van der Waals surface area contributed by atoms with E-state index in [9.17, 15) is 0 Å². The van der Waals surface area contributed by atoms with Crippen LogP contribution in [0.3, 0.4) is 0 Å². The van der Waals surface area contributed by atoms with Crippen LogP contribution in [0.2, 0.25) is 0 Å². The van der Waals surface area contributed by atoms with Crippen molar-refractivity contribution < 1.29 is 0 Å². The summed E-state index contributed by atoms with van der Waals surface area (Å²) in [7, 11) is 0. The maximum Gasteiger partial charge on any atom is 0.205 e. The lowest BCUT2D eigenvalue weighted by Crippen LogP contribution is -2.57. The van der Waals surface area contributed by atoms with Crippen LogP contribution >= 0.6 is 0 Å². The van der Waals surface area contributed by atoms with Gasteiger partial charge >= 0.3 is 0 Å². The number of nitrogens with zero attached hydrogens (tertiary/aromatic N) is 3. The third-order valence-electron chi connectivity index (χ3n) is 3.76. The number of imidazole rings is 1. The lowest BCUT2D eigenvalue weighted by atomic mass is 10.1. The van der Waals surface area contributed by atoms with Crippen molar-refractivity contribution in [1.82, 2.24) is 14.9 Å². The SMILES string of the molecule is CCC1CN(c2nccn2CC)C(CC)CN1. The highest BCUT2D eigenvalue weighted by atomic mass is 15.3. The van der Waals surface area contributed by atoms with E-state index in [4.69, 9.17) is 0 Å². The first-order valence-corrected chi connectivity index (χ1v) is 6.81. The Morgan fingerprint density at radius 1 is 1.35 bits per heavy atom. The van der Waals surface area contributed by atoms with E-state index < -0.39 is 0 Å². The Hall–Kier alpha value is -1.03. The second-order valence-electron chi connectivity index (χ2n) is 4.74. The summed E-state index contributed by atoms with van der Waals surface area (Å²) in [5.74, 6) is 1.14. The van der Waals surface area contributed by atoms with Gasteiger partial charge in [-0.15, -0.1) is 0 Å². The van der Waals surface area contributed by atoms with Crippen LogP contribution in [0.25, 0.3) is 0 Å². The Morgan fingerprint density at radius 3 is 2.82 bits per heavy atom. The number of rotatable bonds is 4. The Labute approximate surface area is 104 Å². The molecule has 1 aliphatic rings. The van der Waals surface area contributed by atoms with Crippen LogP contribution < -0.4 is 10.2 Å². The minimum Gasteiger partial charge on any atom is -0.336 e. The summed E-state index contributed by atoms with van der Waals surface area (Å²) in [6.07, 6.45) is 6.33. The average Bonchev–Trinajstić information content (AvgIpc) is 2.86. The van der Waals surface area contributed by atoms with Crippen molar-refractivity contribution in [3.63, 3.8) is 0 Å². The molecule has 2 atom stereocenters. The fraction of sp³-hybridized carbons (Fsp3) is 0.769. The van der Waals surface area contributed by atoms with Crippen LogP contribution in [0, 0.1) is 0 Å². The zero-order valence-corrected chi connectivity index (χ0v) is 11.2.